The monoisotopic (exact) mass is 463 g/mol. The first-order valence-corrected chi connectivity index (χ1v) is 10.9. The van der Waals surface area contributed by atoms with Crippen LogP contribution in [0, 0.1) is 22.8 Å². The smallest absolute Gasteiger partial charge is 0.201 e. The number of hydrogen-bond donors (Lipinski definition) is 2. The third-order valence-corrected chi connectivity index (χ3v) is 5.78. The minimum Gasteiger partial charge on any atom is -0.471 e. The summed E-state index contributed by atoms with van der Waals surface area (Å²) in [5.74, 6) is 6.14. The molecule has 33 heavy (non-hydrogen) atoms. The molecular weight excluding hydrogens is 438 g/mol. The van der Waals surface area contributed by atoms with Crippen molar-refractivity contribution in [3.8, 4) is 18.1 Å². The Hall–Kier alpha value is -3.96. The zero-order valence-corrected chi connectivity index (χ0v) is 19.3. The van der Waals surface area contributed by atoms with Gasteiger partial charge in [0.15, 0.2) is 6.19 Å². The van der Waals surface area contributed by atoms with Crippen molar-refractivity contribution in [3.05, 3.63) is 41.4 Å². The average molecular weight is 464 g/mol. The van der Waals surface area contributed by atoms with Crippen LogP contribution in [-0.4, -0.2) is 56.3 Å². The van der Waals surface area contributed by atoms with E-state index >= 15 is 0 Å². The number of nitriles is 2. The topological polar surface area (TPSA) is 154 Å². The van der Waals surface area contributed by atoms with Crippen LogP contribution in [0.5, 0.6) is 5.88 Å². The number of thiocarbonyl (C=S) groups is 1. The molecule has 170 valence electrons. The number of hydrogen-bond acceptors (Lipinski definition) is 10. The van der Waals surface area contributed by atoms with E-state index in [0.29, 0.717) is 52.9 Å². The van der Waals surface area contributed by atoms with Gasteiger partial charge in [0.2, 0.25) is 5.88 Å². The zero-order valence-electron chi connectivity index (χ0n) is 18.5. The van der Waals surface area contributed by atoms with Gasteiger partial charge in [-0.3, -0.25) is 9.39 Å². The summed E-state index contributed by atoms with van der Waals surface area (Å²) in [6, 6.07) is 5.72. The molecule has 1 aliphatic heterocycles. The molecule has 0 aliphatic carbocycles. The van der Waals surface area contributed by atoms with Crippen molar-refractivity contribution >= 4 is 34.7 Å². The highest BCUT2D eigenvalue weighted by Crippen LogP contribution is 2.24. The van der Waals surface area contributed by atoms with Crippen molar-refractivity contribution in [2.24, 2.45) is 21.7 Å². The highest BCUT2D eigenvalue weighted by Gasteiger charge is 2.21. The van der Waals surface area contributed by atoms with Crippen LogP contribution in [0.25, 0.3) is 5.65 Å². The first kappa shape index (κ1) is 23.7. The quantitative estimate of drug-likeness (QED) is 0.157. The number of aromatic nitrogens is 2. The third-order valence-electron chi connectivity index (χ3n) is 5.51. The van der Waals surface area contributed by atoms with Crippen LogP contribution in [0.1, 0.15) is 37.9 Å². The van der Waals surface area contributed by atoms with E-state index < -0.39 is 6.10 Å². The Bertz CT molecular complexity index is 1210. The highest BCUT2D eigenvalue weighted by molar-refractivity contribution is 7.79. The van der Waals surface area contributed by atoms with Gasteiger partial charge in [-0.05, 0) is 32.8 Å². The van der Waals surface area contributed by atoms with Crippen LogP contribution in [0.15, 0.2) is 40.2 Å². The summed E-state index contributed by atoms with van der Waals surface area (Å²) in [4.78, 5) is 10.9. The van der Waals surface area contributed by atoms with Crippen molar-refractivity contribution in [2.75, 3.05) is 13.1 Å². The number of nitrogens with zero attached hydrogens (tertiary/aromatic N) is 7. The Balaban J connectivity index is 2.00. The first-order chi connectivity index (χ1) is 15.9. The number of pyridine rings is 1. The van der Waals surface area contributed by atoms with E-state index in [1.807, 2.05) is 6.92 Å². The predicted octanol–water partition coefficient (Wildman–Crippen LogP) is 1.88. The lowest BCUT2D eigenvalue weighted by atomic mass is 10.0. The van der Waals surface area contributed by atoms with Gasteiger partial charge in [-0.1, -0.05) is 12.2 Å². The summed E-state index contributed by atoms with van der Waals surface area (Å²) in [6.07, 6.45) is 6.14. The van der Waals surface area contributed by atoms with E-state index in [9.17, 15) is 5.26 Å². The SMILES string of the molecule is CC(=NC1CCN(C#N)CC1)/C(=N\N)c1cc(OC(C)/C(C=S)=C/N)n2c(C#N)cnc2c1. The molecule has 3 heterocycles. The Morgan fingerprint density at radius 3 is 2.67 bits per heavy atom. The van der Waals surface area contributed by atoms with Gasteiger partial charge >= 0.3 is 0 Å². The van der Waals surface area contributed by atoms with Gasteiger partial charge in [-0.25, -0.2) is 4.98 Å². The second kappa shape index (κ2) is 10.6. The van der Waals surface area contributed by atoms with Gasteiger partial charge in [-0.2, -0.15) is 15.6 Å². The minimum absolute atomic E-state index is 0.0854. The molecular formula is C22H25N9OS. The molecule has 0 spiro atoms. The Kier molecular flexibility index (Phi) is 7.59. The Labute approximate surface area is 197 Å². The molecule has 4 N–H and O–H groups in total. The van der Waals surface area contributed by atoms with Crippen LogP contribution in [0.2, 0.25) is 0 Å². The fourth-order valence-electron chi connectivity index (χ4n) is 3.71. The zero-order chi connectivity index (χ0) is 24.0. The summed E-state index contributed by atoms with van der Waals surface area (Å²) in [6.45, 7) is 5.01. The van der Waals surface area contributed by atoms with E-state index in [0.717, 1.165) is 12.8 Å². The molecule has 0 amide bonds. The average Bonchev–Trinajstić information content (AvgIpc) is 3.24. The van der Waals surface area contributed by atoms with Gasteiger partial charge in [0.25, 0.3) is 0 Å². The lowest BCUT2D eigenvalue weighted by Crippen LogP contribution is -2.32. The van der Waals surface area contributed by atoms with Crippen LogP contribution in [0.4, 0.5) is 0 Å². The molecule has 0 radical (unpaired) electrons. The standard InChI is InChI=1S/C22H25N9OS/c1-14(28-18-3-5-30(13-25)6-4-18)22(29-26)16-7-20-27-11-19(10-24)31(20)21(8-16)32-15(2)17(9-23)12-33/h7-9,11-12,15,18H,3-6,23,26H2,1-2H3/b17-9+,28-14?,29-22+. The molecule has 11 heteroatoms. The molecule has 0 aromatic carbocycles. The van der Waals surface area contributed by atoms with E-state index in [-0.39, 0.29) is 6.04 Å². The van der Waals surface area contributed by atoms with Gasteiger partial charge in [0.05, 0.1) is 18.0 Å². The summed E-state index contributed by atoms with van der Waals surface area (Å²) < 4.78 is 7.72. The summed E-state index contributed by atoms with van der Waals surface area (Å²) >= 11 is 5.01. The molecule has 1 saturated heterocycles. The van der Waals surface area contributed by atoms with Gasteiger partial charge < -0.3 is 21.2 Å². The summed E-state index contributed by atoms with van der Waals surface area (Å²) in [7, 11) is 0. The highest BCUT2D eigenvalue weighted by atomic mass is 32.1. The maximum atomic E-state index is 9.51. The van der Waals surface area contributed by atoms with Crippen LogP contribution < -0.4 is 16.3 Å². The van der Waals surface area contributed by atoms with E-state index in [1.54, 1.807) is 28.4 Å². The van der Waals surface area contributed by atoms with Crippen molar-refractivity contribution < 1.29 is 4.74 Å². The molecule has 2 aromatic heterocycles. The number of fused-ring (bicyclic) bond motifs is 1. The molecule has 0 saturated carbocycles. The molecule has 1 fully saturated rings. The van der Waals surface area contributed by atoms with Gasteiger partial charge in [0, 0.05) is 41.9 Å². The van der Waals surface area contributed by atoms with Crippen LogP contribution in [0.3, 0.4) is 0 Å². The number of likely N-dealkylation sites (tertiary alicyclic amines) is 1. The molecule has 0 bridgehead atoms. The molecule has 1 aliphatic rings. The molecule has 3 rings (SSSR count). The lowest BCUT2D eigenvalue weighted by Gasteiger charge is -2.26. The Morgan fingerprint density at radius 1 is 1.36 bits per heavy atom. The van der Waals surface area contributed by atoms with Crippen LogP contribution in [-0.2, 0) is 0 Å². The van der Waals surface area contributed by atoms with E-state index in [1.165, 1.54) is 17.8 Å². The fourth-order valence-corrected chi connectivity index (χ4v) is 3.98. The van der Waals surface area contributed by atoms with Crippen molar-refractivity contribution in [2.45, 2.75) is 38.8 Å². The minimum atomic E-state index is -0.460. The van der Waals surface area contributed by atoms with E-state index in [2.05, 4.69) is 22.3 Å². The van der Waals surface area contributed by atoms with Gasteiger partial charge in [-0.15, -0.1) is 0 Å². The van der Waals surface area contributed by atoms with E-state index in [4.69, 9.17) is 38.8 Å². The number of rotatable bonds is 7. The number of nitrogens with two attached hydrogens (primary N) is 2. The first-order valence-electron chi connectivity index (χ1n) is 10.4. The number of hydrazone groups is 1. The lowest BCUT2D eigenvalue weighted by molar-refractivity contribution is 0.250. The molecule has 10 nitrogen and oxygen atoms in total. The number of imidazole rings is 1. The summed E-state index contributed by atoms with van der Waals surface area (Å²) in [5, 5.41) is 24.0. The second-order valence-corrected chi connectivity index (χ2v) is 7.82. The normalized spacial score (nSPS) is 16.8. The molecule has 2 aromatic rings. The molecule has 1 unspecified atom stereocenters. The maximum Gasteiger partial charge on any atom is 0.201 e. The fraction of sp³-hybridized carbons (Fsp3) is 0.364. The van der Waals surface area contributed by atoms with Crippen molar-refractivity contribution in [1.82, 2.24) is 14.3 Å². The molecule has 1 atom stereocenters. The second-order valence-electron chi connectivity index (χ2n) is 7.59. The van der Waals surface area contributed by atoms with Crippen molar-refractivity contribution in [1.29, 1.82) is 10.5 Å². The maximum absolute atomic E-state index is 9.51. The van der Waals surface area contributed by atoms with Gasteiger partial charge in [0.1, 0.15) is 29.2 Å². The third kappa shape index (κ3) is 5.10. The van der Waals surface area contributed by atoms with Crippen LogP contribution >= 0.6 is 12.2 Å². The Morgan fingerprint density at radius 2 is 2.09 bits per heavy atom. The summed E-state index contributed by atoms with van der Waals surface area (Å²) in [5.41, 5.74) is 8.90. The predicted molar refractivity (Wildman–Crippen MR) is 130 cm³/mol. The number of piperidine rings is 1. The van der Waals surface area contributed by atoms with Crippen molar-refractivity contribution in [3.63, 3.8) is 0 Å². The number of ether oxygens (including phenoxy) is 1. The number of aliphatic imine (C=N–C) groups is 1. The largest absolute Gasteiger partial charge is 0.471 e.